The van der Waals surface area contributed by atoms with Crippen molar-refractivity contribution >= 4 is 12.4 Å². The Balaban J connectivity index is 0.00000650. The summed E-state index contributed by atoms with van der Waals surface area (Å²) in [5, 5.41) is 23.1. The fourth-order valence-corrected chi connectivity index (χ4v) is 6.06. The van der Waals surface area contributed by atoms with Crippen molar-refractivity contribution in [2.45, 2.75) is 111 Å². The first-order valence-electron chi connectivity index (χ1n) is 17.3. The first-order chi connectivity index (χ1) is 22.4. The van der Waals surface area contributed by atoms with Crippen LogP contribution in [0, 0.1) is 5.92 Å². The molecule has 0 aliphatic rings. The predicted octanol–water partition coefficient (Wildman–Crippen LogP) is 11.2. The van der Waals surface area contributed by atoms with Crippen LogP contribution in [0.3, 0.4) is 0 Å². The Labute approximate surface area is 306 Å². The minimum absolute atomic E-state index is 0. The van der Waals surface area contributed by atoms with Crippen LogP contribution in [0.2, 0.25) is 0 Å². The van der Waals surface area contributed by atoms with E-state index in [9.17, 15) is 10.2 Å². The number of rotatable bonds is 9. The van der Waals surface area contributed by atoms with E-state index in [2.05, 4.69) is 125 Å². The summed E-state index contributed by atoms with van der Waals surface area (Å²) in [5.74, 6) is 1.00. The predicted molar refractivity (Wildman–Crippen MR) is 204 cm³/mol. The van der Waals surface area contributed by atoms with Gasteiger partial charge in [-0.05, 0) is 63.0 Å². The molecule has 0 amide bonds. The normalized spacial score (nSPS) is 14.0. The third-order valence-electron chi connectivity index (χ3n) is 8.79. The zero-order chi connectivity index (χ0) is 35.4. The Kier molecular flexibility index (Phi) is 12.9. The minimum atomic E-state index is -0.399. The Bertz CT molecular complexity index is 1740. The van der Waals surface area contributed by atoms with Crippen molar-refractivity contribution in [2.24, 2.45) is 15.9 Å². The molecule has 4 aromatic carbocycles. The van der Waals surface area contributed by atoms with Crippen LogP contribution < -0.4 is 0 Å². The average Bonchev–Trinajstić information content (AvgIpc) is 2.99. The third kappa shape index (κ3) is 10.2. The summed E-state index contributed by atoms with van der Waals surface area (Å²) < 4.78 is 0. The molecule has 2 unspecified atom stereocenters. The van der Waals surface area contributed by atoms with Gasteiger partial charge in [0.2, 0.25) is 0 Å². The van der Waals surface area contributed by atoms with Gasteiger partial charge in [0, 0.05) is 51.5 Å². The van der Waals surface area contributed by atoms with E-state index in [4.69, 9.17) is 9.98 Å². The SMILES string of the molecule is CC(C)Cc1cc(C=NC(c2ccccc2)C(N=Cc2cc(C(C)(C)C)cc(C(C)(C)C)c2O)c2ccccc2)c(O)c(C(C)(C)C)c1.[Co]. The number of phenolic OH excluding ortho intramolecular Hbond substituents is 2. The molecule has 4 rings (SSSR count). The topological polar surface area (TPSA) is 65.2 Å². The number of benzene rings is 4. The molecule has 2 N–H and O–H groups in total. The van der Waals surface area contributed by atoms with E-state index < -0.39 is 12.1 Å². The quantitative estimate of drug-likeness (QED) is 0.170. The number of aliphatic imine (C=N–C) groups is 2. The van der Waals surface area contributed by atoms with Gasteiger partial charge in [0.25, 0.3) is 0 Å². The molecule has 4 aromatic rings. The summed E-state index contributed by atoms with van der Waals surface area (Å²) in [4.78, 5) is 10.5. The maximum Gasteiger partial charge on any atom is 0.128 e. The molecular formula is C44H56CoN2O2. The monoisotopic (exact) mass is 703 g/mol. The van der Waals surface area contributed by atoms with Crippen molar-refractivity contribution in [3.8, 4) is 11.5 Å². The molecule has 49 heavy (non-hydrogen) atoms. The van der Waals surface area contributed by atoms with E-state index in [0.29, 0.717) is 17.0 Å². The van der Waals surface area contributed by atoms with Gasteiger partial charge in [0.15, 0.2) is 0 Å². The summed E-state index contributed by atoms with van der Waals surface area (Å²) in [6.07, 6.45) is 4.56. The van der Waals surface area contributed by atoms with E-state index in [1.165, 1.54) is 5.56 Å². The molecule has 0 aliphatic carbocycles. The van der Waals surface area contributed by atoms with Gasteiger partial charge in [0.05, 0.1) is 0 Å². The largest absolute Gasteiger partial charge is 0.507 e. The van der Waals surface area contributed by atoms with Gasteiger partial charge in [0.1, 0.15) is 23.6 Å². The second kappa shape index (κ2) is 15.9. The van der Waals surface area contributed by atoms with Gasteiger partial charge >= 0.3 is 0 Å². The van der Waals surface area contributed by atoms with Crippen molar-refractivity contribution in [2.75, 3.05) is 0 Å². The molecule has 5 heteroatoms. The van der Waals surface area contributed by atoms with Crippen molar-refractivity contribution in [1.82, 2.24) is 0 Å². The molecule has 1 radical (unpaired) electrons. The molecule has 0 aliphatic heterocycles. The fraction of sp³-hybridized carbons (Fsp3) is 0.409. The van der Waals surface area contributed by atoms with E-state index in [1.54, 1.807) is 0 Å². The van der Waals surface area contributed by atoms with Crippen LogP contribution in [0.4, 0.5) is 0 Å². The van der Waals surface area contributed by atoms with Crippen LogP contribution >= 0.6 is 0 Å². The van der Waals surface area contributed by atoms with E-state index in [1.807, 2.05) is 48.8 Å². The maximum absolute atomic E-state index is 11.6. The number of hydrogen-bond acceptors (Lipinski definition) is 4. The minimum Gasteiger partial charge on any atom is -0.507 e. The van der Waals surface area contributed by atoms with Crippen molar-refractivity contribution in [1.29, 1.82) is 0 Å². The summed E-state index contributed by atoms with van der Waals surface area (Å²) in [6.45, 7) is 23.8. The van der Waals surface area contributed by atoms with Crippen LogP contribution in [0.5, 0.6) is 11.5 Å². The van der Waals surface area contributed by atoms with E-state index in [-0.39, 0.29) is 44.5 Å². The maximum atomic E-state index is 11.6. The Morgan fingerprint density at radius 3 is 1.37 bits per heavy atom. The third-order valence-corrected chi connectivity index (χ3v) is 8.79. The van der Waals surface area contributed by atoms with Crippen molar-refractivity contribution in [3.63, 3.8) is 0 Å². The zero-order valence-corrected chi connectivity index (χ0v) is 32.3. The number of phenols is 2. The first-order valence-corrected chi connectivity index (χ1v) is 17.3. The average molecular weight is 704 g/mol. The molecule has 2 atom stereocenters. The van der Waals surface area contributed by atoms with Crippen LogP contribution in [0.1, 0.15) is 133 Å². The smallest absolute Gasteiger partial charge is 0.128 e. The molecule has 0 bridgehead atoms. The van der Waals surface area contributed by atoms with Crippen LogP contribution in [-0.4, -0.2) is 22.6 Å². The first kappa shape index (κ1) is 39.8. The molecule has 0 saturated heterocycles. The molecule has 0 aromatic heterocycles. The standard InChI is InChI=1S/C44H56N2O2.Co/c1-29(2)22-30-23-33(40(47)36(24-30)43(6,7)8)27-45-38(31-18-14-12-15-19-31)39(32-20-16-13-17-21-32)46-28-34-25-35(42(3,4)5)26-37(41(34)48)44(9,10)11;/h12-21,23-29,38-39,47-48H,22H2,1-11H3;. The Morgan fingerprint density at radius 2 is 0.980 bits per heavy atom. The Hall–Kier alpha value is -3.67. The summed E-state index contributed by atoms with van der Waals surface area (Å²) >= 11 is 0. The summed E-state index contributed by atoms with van der Waals surface area (Å²) in [5.41, 5.74) is 6.98. The molecule has 0 saturated carbocycles. The molecule has 0 fully saturated rings. The van der Waals surface area contributed by atoms with Crippen LogP contribution in [0.15, 0.2) is 94.9 Å². The number of nitrogens with zero attached hydrogens (tertiary/aromatic N) is 2. The van der Waals surface area contributed by atoms with Crippen LogP contribution in [-0.2, 0) is 39.4 Å². The summed E-state index contributed by atoms with van der Waals surface area (Å²) in [7, 11) is 0. The van der Waals surface area contributed by atoms with Crippen molar-refractivity contribution in [3.05, 3.63) is 129 Å². The van der Waals surface area contributed by atoms with Gasteiger partial charge in [-0.1, -0.05) is 149 Å². The van der Waals surface area contributed by atoms with E-state index in [0.717, 1.165) is 34.2 Å². The number of hydrogen-bond donors (Lipinski definition) is 2. The fourth-order valence-electron chi connectivity index (χ4n) is 6.06. The van der Waals surface area contributed by atoms with Gasteiger partial charge in [-0.15, -0.1) is 0 Å². The zero-order valence-electron chi connectivity index (χ0n) is 31.3. The molecule has 0 heterocycles. The van der Waals surface area contributed by atoms with Crippen molar-refractivity contribution < 1.29 is 27.0 Å². The van der Waals surface area contributed by atoms with Crippen LogP contribution in [0.25, 0.3) is 0 Å². The molecular weight excluding hydrogens is 647 g/mol. The van der Waals surface area contributed by atoms with E-state index >= 15 is 0 Å². The van der Waals surface area contributed by atoms with Gasteiger partial charge in [-0.25, -0.2) is 0 Å². The Morgan fingerprint density at radius 1 is 0.571 bits per heavy atom. The van der Waals surface area contributed by atoms with Gasteiger partial charge in [-0.2, -0.15) is 0 Å². The second-order valence-electron chi connectivity index (χ2n) is 16.7. The molecule has 4 nitrogen and oxygen atoms in total. The summed E-state index contributed by atoms with van der Waals surface area (Å²) in [6, 6.07) is 28.0. The molecule has 263 valence electrons. The second-order valence-corrected chi connectivity index (χ2v) is 16.7. The van der Waals surface area contributed by atoms with Gasteiger partial charge in [-0.3, -0.25) is 9.98 Å². The number of aromatic hydroxyl groups is 2. The van der Waals surface area contributed by atoms with Gasteiger partial charge < -0.3 is 10.2 Å². The molecule has 0 spiro atoms.